The summed E-state index contributed by atoms with van der Waals surface area (Å²) in [5.74, 6) is 1.94. The van der Waals surface area contributed by atoms with Crippen molar-refractivity contribution in [1.29, 1.82) is 0 Å². The highest BCUT2D eigenvalue weighted by Crippen LogP contribution is 2.34. The van der Waals surface area contributed by atoms with E-state index in [1.54, 1.807) is 7.11 Å². The number of carbonyl (C=O) groups is 1. The molecule has 0 radical (unpaired) electrons. The van der Waals surface area contributed by atoms with Crippen LogP contribution in [0.2, 0.25) is 0 Å². The first kappa shape index (κ1) is 18.4. The van der Waals surface area contributed by atoms with Crippen molar-refractivity contribution < 1.29 is 9.53 Å². The summed E-state index contributed by atoms with van der Waals surface area (Å²) in [4.78, 5) is 19.7. The molecule has 2 heterocycles. The molecule has 0 N–H and O–H groups in total. The monoisotopic (exact) mass is 397 g/mol. The molecule has 1 amide bonds. The summed E-state index contributed by atoms with van der Waals surface area (Å²) < 4.78 is 7.50. The Bertz CT molecular complexity index is 1180. The maximum absolute atomic E-state index is 12.9. The number of carbonyl (C=O) groups excluding carboxylic acids is 1. The quantitative estimate of drug-likeness (QED) is 0.494. The third kappa shape index (κ3) is 3.32. The van der Waals surface area contributed by atoms with Gasteiger partial charge >= 0.3 is 0 Å². The molecule has 5 rings (SSSR count). The van der Waals surface area contributed by atoms with Gasteiger partial charge in [-0.3, -0.25) is 4.79 Å². The summed E-state index contributed by atoms with van der Waals surface area (Å²) in [7, 11) is 1.64. The minimum absolute atomic E-state index is 0.0516. The van der Waals surface area contributed by atoms with Gasteiger partial charge in [0.05, 0.1) is 18.1 Å². The van der Waals surface area contributed by atoms with Crippen LogP contribution in [-0.2, 0) is 11.3 Å². The Kier molecular flexibility index (Phi) is 4.71. The van der Waals surface area contributed by atoms with Crippen molar-refractivity contribution in [1.82, 2.24) is 9.55 Å². The van der Waals surface area contributed by atoms with Crippen LogP contribution < -0.4 is 9.64 Å². The lowest BCUT2D eigenvalue weighted by molar-refractivity contribution is -0.117. The molecule has 0 saturated carbocycles. The van der Waals surface area contributed by atoms with Crippen LogP contribution in [-0.4, -0.2) is 29.1 Å². The molecule has 1 fully saturated rings. The van der Waals surface area contributed by atoms with Crippen molar-refractivity contribution in [3.63, 3.8) is 0 Å². The molecule has 1 aliphatic rings. The number of nitrogens with zero attached hydrogens (tertiary/aromatic N) is 3. The fraction of sp³-hybridized carbons (Fsp3) is 0.200. The van der Waals surface area contributed by atoms with Crippen molar-refractivity contribution in [3.05, 3.63) is 90.3 Å². The van der Waals surface area contributed by atoms with Crippen LogP contribution in [0.15, 0.2) is 78.9 Å². The zero-order valence-electron chi connectivity index (χ0n) is 16.9. The van der Waals surface area contributed by atoms with E-state index < -0.39 is 0 Å². The first-order valence-electron chi connectivity index (χ1n) is 10.2. The first-order chi connectivity index (χ1) is 14.7. The zero-order chi connectivity index (χ0) is 20.5. The summed E-state index contributed by atoms with van der Waals surface area (Å²) in [5, 5.41) is 0. The summed E-state index contributed by atoms with van der Waals surface area (Å²) in [5.41, 5.74) is 4.19. The maximum atomic E-state index is 12.9. The van der Waals surface area contributed by atoms with Gasteiger partial charge < -0.3 is 14.2 Å². The number of para-hydroxylation sites is 2. The van der Waals surface area contributed by atoms with E-state index in [9.17, 15) is 4.79 Å². The minimum Gasteiger partial charge on any atom is -0.497 e. The normalized spacial score (nSPS) is 16.4. The fourth-order valence-electron chi connectivity index (χ4n) is 4.23. The maximum Gasteiger partial charge on any atom is 0.227 e. The number of ether oxygens (including phenoxy) is 1. The van der Waals surface area contributed by atoms with Crippen molar-refractivity contribution in [2.45, 2.75) is 18.9 Å². The van der Waals surface area contributed by atoms with Crippen LogP contribution in [0.4, 0.5) is 5.69 Å². The Hall–Kier alpha value is -3.60. The highest BCUT2D eigenvalue weighted by Gasteiger charge is 2.34. The van der Waals surface area contributed by atoms with Crippen LogP contribution in [0.5, 0.6) is 5.75 Å². The SMILES string of the molecule is COc1ccc(N2CC(c3nc4ccccc4n3Cc3ccccc3)CC2=O)cc1. The van der Waals surface area contributed by atoms with E-state index in [-0.39, 0.29) is 11.8 Å². The van der Waals surface area contributed by atoms with Gasteiger partial charge in [-0.15, -0.1) is 0 Å². The first-order valence-corrected chi connectivity index (χ1v) is 10.2. The number of rotatable bonds is 5. The molecular weight excluding hydrogens is 374 g/mol. The molecule has 1 unspecified atom stereocenters. The van der Waals surface area contributed by atoms with Gasteiger partial charge in [-0.05, 0) is 42.0 Å². The summed E-state index contributed by atoms with van der Waals surface area (Å²) in [6.07, 6.45) is 0.462. The number of methoxy groups -OCH3 is 1. The molecule has 1 aliphatic heterocycles. The Morgan fingerprint density at radius 3 is 2.47 bits per heavy atom. The van der Waals surface area contributed by atoms with Gasteiger partial charge in [0, 0.05) is 31.1 Å². The van der Waals surface area contributed by atoms with Crippen LogP contribution in [0.25, 0.3) is 11.0 Å². The smallest absolute Gasteiger partial charge is 0.227 e. The van der Waals surface area contributed by atoms with E-state index in [4.69, 9.17) is 9.72 Å². The Balaban J connectivity index is 1.50. The minimum atomic E-state index is 0.0516. The van der Waals surface area contributed by atoms with Gasteiger partial charge in [-0.25, -0.2) is 4.98 Å². The Labute approximate surface area is 175 Å². The van der Waals surface area contributed by atoms with E-state index in [0.29, 0.717) is 13.0 Å². The number of amides is 1. The number of imidazole rings is 1. The van der Waals surface area contributed by atoms with E-state index in [1.807, 2.05) is 53.4 Å². The van der Waals surface area contributed by atoms with Crippen molar-refractivity contribution in [3.8, 4) is 5.75 Å². The van der Waals surface area contributed by atoms with Crippen LogP contribution in [0.3, 0.4) is 0 Å². The predicted octanol–water partition coefficient (Wildman–Crippen LogP) is 4.61. The van der Waals surface area contributed by atoms with Crippen molar-refractivity contribution in [2.24, 2.45) is 0 Å². The Morgan fingerprint density at radius 2 is 1.70 bits per heavy atom. The van der Waals surface area contributed by atoms with Gasteiger partial charge in [0.1, 0.15) is 11.6 Å². The lowest BCUT2D eigenvalue weighted by Gasteiger charge is -2.18. The van der Waals surface area contributed by atoms with Crippen molar-refractivity contribution in [2.75, 3.05) is 18.6 Å². The molecule has 0 bridgehead atoms. The van der Waals surface area contributed by atoms with E-state index >= 15 is 0 Å². The predicted molar refractivity (Wildman–Crippen MR) is 118 cm³/mol. The number of fused-ring (bicyclic) bond motifs is 1. The van der Waals surface area contributed by atoms with Gasteiger partial charge in [0.25, 0.3) is 0 Å². The molecule has 30 heavy (non-hydrogen) atoms. The third-order valence-electron chi connectivity index (χ3n) is 5.74. The van der Waals surface area contributed by atoms with Crippen LogP contribution in [0.1, 0.15) is 23.7 Å². The Morgan fingerprint density at radius 1 is 0.967 bits per heavy atom. The average molecular weight is 397 g/mol. The molecule has 3 aromatic carbocycles. The van der Waals surface area contributed by atoms with Gasteiger partial charge in [-0.1, -0.05) is 42.5 Å². The molecule has 1 saturated heterocycles. The van der Waals surface area contributed by atoms with E-state index in [2.05, 4.69) is 34.9 Å². The highest BCUT2D eigenvalue weighted by molar-refractivity contribution is 5.96. The van der Waals surface area contributed by atoms with Crippen LogP contribution in [0, 0.1) is 0 Å². The zero-order valence-corrected chi connectivity index (χ0v) is 16.9. The number of hydrogen-bond donors (Lipinski definition) is 0. The summed E-state index contributed by atoms with van der Waals surface area (Å²) >= 11 is 0. The number of hydrogen-bond acceptors (Lipinski definition) is 3. The molecule has 1 aromatic heterocycles. The van der Waals surface area contributed by atoms with E-state index in [1.165, 1.54) is 5.56 Å². The molecule has 0 spiro atoms. The average Bonchev–Trinajstić information content (AvgIpc) is 3.35. The largest absolute Gasteiger partial charge is 0.497 e. The van der Waals surface area contributed by atoms with Gasteiger partial charge in [0.15, 0.2) is 0 Å². The summed E-state index contributed by atoms with van der Waals surface area (Å²) in [6.45, 7) is 1.37. The molecule has 1 atom stereocenters. The van der Waals surface area contributed by atoms with Crippen molar-refractivity contribution >= 4 is 22.6 Å². The second-order valence-corrected chi connectivity index (χ2v) is 7.63. The topological polar surface area (TPSA) is 47.4 Å². The molecule has 0 aliphatic carbocycles. The second kappa shape index (κ2) is 7.67. The number of benzene rings is 3. The lowest BCUT2D eigenvalue weighted by Crippen LogP contribution is -2.24. The molecule has 5 heteroatoms. The third-order valence-corrected chi connectivity index (χ3v) is 5.74. The highest BCUT2D eigenvalue weighted by atomic mass is 16.5. The lowest BCUT2D eigenvalue weighted by atomic mass is 10.1. The molecular formula is C25H23N3O2. The van der Waals surface area contributed by atoms with E-state index in [0.717, 1.165) is 34.8 Å². The number of anilines is 1. The molecule has 5 nitrogen and oxygen atoms in total. The molecule has 4 aromatic rings. The number of aromatic nitrogens is 2. The fourth-order valence-corrected chi connectivity index (χ4v) is 4.23. The van der Waals surface area contributed by atoms with Gasteiger partial charge in [-0.2, -0.15) is 0 Å². The second-order valence-electron chi connectivity index (χ2n) is 7.63. The standard InChI is InChI=1S/C25H23N3O2/c1-30-21-13-11-20(12-14-21)27-17-19(15-24(27)29)25-26-22-9-5-6-10-23(22)28(25)16-18-7-3-2-4-8-18/h2-14,19H,15-17H2,1H3. The van der Waals surface area contributed by atoms with Gasteiger partial charge in [0.2, 0.25) is 5.91 Å². The molecule has 150 valence electrons. The van der Waals surface area contributed by atoms with Crippen LogP contribution >= 0.6 is 0 Å². The summed E-state index contributed by atoms with van der Waals surface area (Å²) in [6, 6.07) is 26.2.